The van der Waals surface area contributed by atoms with Crippen molar-refractivity contribution >= 4 is 42.1 Å². The Morgan fingerprint density at radius 1 is 1.13 bits per heavy atom. The number of rotatable bonds is 3. The fourth-order valence-electron chi connectivity index (χ4n) is 3.01. The van der Waals surface area contributed by atoms with Crippen molar-refractivity contribution < 1.29 is 4.79 Å². The number of hydrogen-bond acceptors (Lipinski definition) is 3. The van der Waals surface area contributed by atoms with E-state index in [4.69, 9.17) is 0 Å². The standard InChI is InChI=1S/C17H23N3O.2ClH/c1-2-3-8-19-9-11-20(12-10-19)15-5-6-16-14(13-15)4-7-17(21)18-16;;/h2-3,5-6,13H,4,7-12H2,1H3,(H,18,21);2*1H/b3-2+;;. The quantitative estimate of drug-likeness (QED) is 0.844. The van der Waals surface area contributed by atoms with Crippen LogP contribution in [0.1, 0.15) is 18.9 Å². The highest BCUT2D eigenvalue weighted by Crippen LogP contribution is 2.28. The first-order valence-corrected chi connectivity index (χ1v) is 7.77. The van der Waals surface area contributed by atoms with Gasteiger partial charge >= 0.3 is 0 Å². The monoisotopic (exact) mass is 357 g/mol. The minimum absolute atomic E-state index is 0. The number of allylic oxidation sites excluding steroid dienone is 1. The van der Waals surface area contributed by atoms with Gasteiger partial charge in [-0.3, -0.25) is 9.69 Å². The van der Waals surface area contributed by atoms with E-state index in [1.165, 1.54) is 11.3 Å². The van der Waals surface area contributed by atoms with Crippen LogP contribution in [0.25, 0.3) is 0 Å². The smallest absolute Gasteiger partial charge is 0.224 e. The molecule has 1 N–H and O–H groups in total. The van der Waals surface area contributed by atoms with E-state index < -0.39 is 0 Å². The fourth-order valence-corrected chi connectivity index (χ4v) is 3.01. The number of nitrogens with one attached hydrogen (secondary N) is 1. The molecule has 1 aromatic rings. The van der Waals surface area contributed by atoms with E-state index in [1.807, 2.05) is 6.07 Å². The zero-order valence-electron chi connectivity index (χ0n) is 13.5. The zero-order valence-corrected chi connectivity index (χ0v) is 15.1. The SMILES string of the molecule is C/C=C/CN1CCN(c2ccc3c(c2)CCC(=O)N3)CC1.Cl.Cl. The highest BCUT2D eigenvalue weighted by molar-refractivity contribution is 5.94. The van der Waals surface area contributed by atoms with Gasteiger partial charge in [-0.25, -0.2) is 0 Å². The molecule has 6 heteroatoms. The molecule has 23 heavy (non-hydrogen) atoms. The summed E-state index contributed by atoms with van der Waals surface area (Å²) >= 11 is 0. The van der Waals surface area contributed by atoms with Gasteiger partial charge in [0.2, 0.25) is 5.91 Å². The van der Waals surface area contributed by atoms with Crippen molar-refractivity contribution in [2.75, 3.05) is 42.9 Å². The van der Waals surface area contributed by atoms with Gasteiger partial charge < -0.3 is 10.2 Å². The second-order valence-electron chi connectivity index (χ2n) is 5.75. The van der Waals surface area contributed by atoms with Gasteiger partial charge in [-0.2, -0.15) is 0 Å². The van der Waals surface area contributed by atoms with Crippen LogP contribution in [0.5, 0.6) is 0 Å². The topological polar surface area (TPSA) is 35.6 Å². The summed E-state index contributed by atoms with van der Waals surface area (Å²) < 4.78 is 0. The minimum Gasteiger partial charge on any atom is -0.369 e. The summed E-state index contributed by atoms with van der Waals surface area (Å²) in [6, 6.07) is 6.43. The van der Waals surface area contributed by atoms with Crippen molar-refractivity contribution in [1.29, 1.82) is 0 Å². The largest absolute Gasteiger partial charge is 0.369 e. The molecular weight excluding hydrogens is 333 g/mol. The molecule has 1 amide bonds. The molecule has 0 radical (unpaired) electrons. The molecule has 0 atom stereocenters. The minimum atomic E-state index is 0. The van der Waals surface area contributed by atoms with Gasteiger partial charge in [-0.05, 0) is 37.1 Å². The van der Waals surface area contributed by atoms with Crippen LogP contribution in [0, 0.1) is 0 Å². The zero-order chi connectivity index (χ0) is 14.7. The maximum atomic E-state index is 11.4. The lowest BCUT2D eigenvalue weighted by atomic mass is 10.0. The maximum Gasteiger partial charge on any atom is 0.224 e. The average Bonchev–Trinajstić information content (AvgIpc) is 2.53. The number of amides is 1. The third kappa shape index (κ3) is 4.87. The van der Waals surface area contributed by atoms with E-state index in [1.54, 1.807) is 0 Å². The van der Waals surface area contributed by atoms with Gasteiger partial charge in [-0.15, -0.1) is 24.8 Å². The molecule has 0 unspecified atom stereocenters. The number of carbonyl (C=O) groups excluding carboxylic acids is 1. The molecular formula is C17H25Cl2N3O. The predicted octanol–water partition coefficient (Wildman–Crippen LogP) is 3.11. The second-order valence-corrected chi connectivity index (χ2v) is 5.75. The van der Waals surface area contributed by atoms with E-state index >= 15 is 0 Å². The first-order chi connectivity index (χ1) is 10.3. The fraction of sp³-hybridized carbons (Fsp3) is 0.471. The van der Waals surface area contributed by atoms with E-state index in [9.17, 15) is 4.79 Å². The third-order valence-corrected chi connectivity index (χ3v) is 4.32. The summed E-state index contributed by atoms with van der Waals surface area (Å²) in [5.41, 5.74) is 3.54. The average molecular weight is 358 g/mol. The molecule has 0 spiro atoms. The van der Waals surface area contributed by atoms with Crippen LogP contribution in [0.2, 0.25) is 0 Å². The molecule has 2 aliphatic rings. The lowest BCUT2D eigenvalue weighted by molar-refractivity contribution is -0.116. The van der Waals surface area contributed by atoms with Crippen molar-refractivity contribution in [3.8, 4) is 0 Å². The number of halogens is 2. The number of benzene rings is 1. The van der Waals surface area contributed by atoms with Crippen molar-refractivity contribution in [2.24, 2.45) is 0 Å². The predicted molar refractivity (Wildman–Crippen MR) is 101 cm³/mol. The van der Waals surface area contributed by atoms with Crippen LogP contribution >= 0.6 is 24.8 Å². The summed E-state index contributed by atoms with van der Waals surface area (Å²) in [6.07, 6.45) is 5.80. The van der Waals surface area contributed by atoms with E-state index in [-0.39, 0.29) is 30.7 Å². The van der Waals surface area contributed by atoms with Gasteiger partial charge in [0.15, 0.2) is 0 Å². The third-order valence-electron chi connectivity index (χ3n) is 4.32. The molecule has 4 nitrogen and oxygen atoms in total. The molecule has 0 aliphatic carbocycles. The van der Waals surface area contributed by atoms with Gasteiger partial charge in [0.05, 0.1) is 0 Å². The normalized spacial score (nSPS) is 18.0. The molecule has 0 saturated carbocycles. The van der Waals surface area contributed by atoms with E-state index in [0.29, 0.717) is 6.42 Å². The Hall–Kier alpha value is -1.23. The highest BCUT2D eigenvalue weighted by atomic mass is 35.5. The number of piperazine rings is 1. The molecule has 128 valence electrons. The van der Waals surface area contributed by atoms with Gasteiger partial charge in [0, 0.05) is 50.5 Å². The first-order valence-electron chi connectivity index (χ1n) is 7.77. The molecule has 1 saturated heterocycles. The summed E-state index contributed by atoms with van der Waals surface area (Å²) in [6.45, 7) is 7.49. The Morgan fingerprint density at radius 2 is 1.87 bits per heavy atom. The van der Waals surface area contributed by atoms with E-state index in [2.05, 4.69) is 46.3 Å². The summed E-state index contributed by atoms with van der Waals surface area (Å²) in [7, 11) is 0. The maximum absolute atomic E-state index is 11.4. The molecule has 2 heterocycles. The summed E-state index contributed by atoms with van der Waals surface area (Å²) in [5.74, 6) is 0.132. The van der Waals surface area contributed by atoms with Crippen LogP contribution in [0.4, 0.5) is 11.4 Å². The Morgan fingerprint density at radius 3 is 2.57 bits per heavy atom. The second kappa shape index (κ2) is 9.16. The highest BCUT2D eigenvalue weighted by Gasteiger charge is 2.19. The number of anilines is 2. The molecule has 3 rings (SSSR count). The van der Waals surface area contributed by atoms with Crippen LogP contribution in [-0.2, 0) is 11.2 Å². The number of nitrogens with zero attached hydrogens (tertiary/aromatic N) is 2. The lowest BCUT2D eigenvalue weighted by Gasteiger charge is -2.36. The Labute approximate surface area is 150 Å². The number of carbonyl (C=O) groups is 1. The summed E-state index contributed by atoms with van der Waals surface area (Å²) in [4.78, 5) is 16.3. The van der Waals surface area contributed by atoms with Crippen LogP contribution in [0.3, 0.4) is 0 Å². The van der Waals surface area contributed by atoms with Crippen molar-refractivity contribution in [3.63, 3.8) is 0 Å². The Kier molecular flexibility index (Phi) is 7.89. The summed E-state index contributed by atoms with van der Waals surface area (Å²) in [5, 5.41) is 2.95. The molecule has 2 aliphatic heterocycles. The van der Waals surface area contributed by atoms with Crippen molar-refractivity contribution in [1.82, 2.24) is 4.90 Å². The number of fused-ring (bicyclic) bond motifs is 1. The Balaban J connectivity index is 0.00000132. The molecule has 0 bridgehead atoms. The van der Waals surface area contributed by atoms with Crippen LogP contribution in [0.15, 0.2) is 30.4 Å². The van der Waals surface area contributed by atoms with Gasteiger partial charge in [0.1, 0.15) is 0 Å². The van der Waals surface area contributed by atoms with Crippen LogP contribution < -0.4 is 10.2 Å². The Bertz CT molecular complexity index is 555. The van der Waals surface area contributed by atoms with Crippen molar-refractivity contribution in [2.45, 2.75) is 19.8 Å². The first kappa shape index (κ1) is 19.8. The van der Waals surface area contributed by atoms with Crippen molar-refractivity contribution in [3.05, 3.63) is 35.9 Å². The lowest BCUT2D eigenvalue weighted by Crippen LogP contribution is -2.46. The number of aryl methyl sites for hydroxylation is 1. The molecule has 1 aromatic carbocycles. The van der Waals surface area contributed by atoms with Crippen LogP contribution in [-0.4, -0.2) is 43.5 Å². The number of hydrogen-bond donors (Lipinski definition) is 1. The molecule has 0 aromatic heterocycles. The van der Waals surface area contributed by atoms with E-state index in [0.717, 1.165) is 44.8 Å². The van der Waals surface area contributed by atoms with Gasteiger partial charge in [-0.1, -0.05) is 12.2 Å². The molecule has 1 fully saturated rings. The van der Waals surface area contributed by atoms with Gasteiger partial charge in [0.25, 0.3) is 0 Å².